The van der Waals surface area contributed by atoms with E-state index < -0.39 is 17.9 Å². The second-order valence-electron chi connectivity index (χ2n) is 7.94. The Kier molecular flexibility index (Phi) is 5.35. The zero-order chi connectivity index (χ0) is 20.6. The van der Waals surface area contributed by atoms with Crippen molar-refractivity contribution in [3.8, 4) is 0 Å². The fourth-order valence-electron chi connectivity index (χ4n) is 4.33. The Bertz CT molecular complexity index is 845. The van der Waals surface area contributed by atoms with E-state index in [1.165, 1.54) is 4.90 Å². The van der Waals surface area contributed by atoms with Crippen LogP contribution in [0.5, 0.6) is 0 Å². The summed E-state index contributed by atoms with van der Waals surface area (Å²) in [5.74, 6) is -3.85. The quantitative estimate of drug-likeness (QED) is 0.729. The zero-order valence-corrected chi connectivity index (χ0v) is 16.0. The van der Waals surface area contributed by atoms with Crippen molar-refractivity contribution in [1.82, 2.24) is 20.4 Å². The number of nitrogens with zero attached hydrogens (tertiary/aromatic N) is 2. The van der Waals surface area contributed by atoms with E-state index in [4.69, 9.17) is 0 Å². The fraction of sp³-hybridized carbons (Fsp3) is 0.550. The van der Waals surface area contributed by atoms with E-state index in [1.54, 1.807) is 17.0 Å². The third-order valence-electron chi connectivity index (χ3n) is 5.74. The van der Waals surface area contributed by atoms with Crippen molar-refractivity contribution in [2.45, 2.75) is 44.3 Å². The lowest BCUT2D eigenvalue weighted by Gasteiger charge is -2.31. The molecule has 2 N–H and O–H groups in total. The lowest BCUT2D eigenvalue weighted by atomic mass is 10.0. The molecule has 3 aliphatic rings. The Hall–Kier alpha value is -2.39. The fourth-order valence-corrected chi connectivity index (χ4v) is 4.33. The second-order valence-corrected chi connectivity index (χ2v) is 7.94. The van der Waals surface area contributed by atoms with Crippen LogP contribution in [-0.2, 0) is 22.7 Å². The highest BCUT2D eigenvalue weighted by molar-refractivity contribution is 6.05. The van der Waals surface area contributed by atoms with Gasteiger partial charge in [-0.05, 0) is 43.1 Å². The number of carbonyl (C=O) groups excluding carboxylic acids is 3. The van der Waals surface area contributed by atoms with E-state index in [9.17, 15) is 23.2 Å². The summed E-state index contributed by atoms with van der Waals surface area (Å²) >= 11 is 0. The normalized spacial score (nSPS) is 25.4. The zero-order valence-electron chi connectivity index (χ0n) is 16.0. The third-order valence-corrected chi connectivity index (χ3v) is 5.74. The molecule has 29 heavy (non-hydrogen) atoms. The first-order valence-electron chi connectivity index (χ1n) is 9.90. The SMILES string of the molecule is O=C1CCC(N2Cc3c(CN4CCCNCC(F)(F)C4)cccc3C2=O)C(=O)N1. The summed E-state index contributed by atoms with van der Waals surface area (Å²) in [5, 5.41) is 5.06. The molecule has 1 aromatic carbocycles. The highest BCUT2D eigenvalue weighted by atomic mass is 19.3. The summed E-state index contributed by atoms with van der Waals surface area (Å²) < 4.78 is 28.2. The minimum Gasteiger partial charge on any atom is -0.322 e. The first-order chi connectivity index (χ1) is 13.8. The molecule has 0 aromatic heterocycles. The summed E-state index contributed by atoms with van der Waals surface area (Å²) in [4.78, 5) is 39.7. The van der Waals surface area contributed by atoms with Crippen molar-refractivity contribution >= 4 is 17.7 Å². The second kappa shape index (κ2) is 7.79. The Morgan fingerprint density at radius 2 is 2.03 bits per heavy atom. The van der Waals surface area contributed by atoms with Crippen LogP contribution >= 0.6 is 0 Å². The van der Waals surface area contributed by atoms with Crippen molar-refractivity contribution in [1.29, 1.82) is 0 Å². The average Bonchev–Trinajstić information content (AvgIpc) is 2.97. The van der Waals surface area contributed by atoms with Gasteiger partial charge in [-0.2, -0.15) is 0 Å². The van der Waals surface area contributed by atoms with E-state index >= 15 is 0 Å². The Morgan fingerprint density at radius 3 is 2.83 bits per heavy atom. The standard InChI is InChI=1S/C20H24F2N4O3/c21-20(22)11-23-7-2-8-25(12-20)9-13-3-1-4-14-15(13)10-26(19(14)29)16-5-6-17(27)24-18(16)28/h1,3-4,16,23H,2,5-12H2,(H,24,27,28). The van der Waals surface area contributed by atoms with Gasteiger partial charge in [0.05, 0.1) is 13.1 Å². The van der Waals surface area contributed by atoms with Crippen LogP contribution in [0.3, 0.4) is 0 Å². The van der Waals surface area contributed by atoms with Crippen LogP contribution in [0.2, 0.25) is 0 Å². The van der Waals surface area contributed by atoms with Gasteiger partial charge in [0.25, 0.3) is 11.8 Å². The minimum atomic E-state index is -2.81. The molecule has 9 heteroatoms. The smallest absolute Gasteiger partial charge is 0.272 e. The monoisotopic (exact) mass is 406 g/mol. The highest BCUT2D eigenvalue weighted by Gasteiger charge is 2.40. The Morgan fingerprint density at radius 1 is 1.21 bits per heavy atom. The van der Waals surface area contributed by atoms with Crippen molar-refractivity contribution < 1.29 is 23.2 Å². The molecule has 7 nitrogen and oxygen atoms in total. The van der Waals surface area contributed by atoms with Gasteiger partial charge in [0.1, 0.15) is 6.04 Å². The Balaban J connectivity index is 1.53. The molecule has 1 unspecified atom stereocenters. The number of halogens is 2. The largest absolute Gasteiger partial charge is 0.322 e. The van der Waals surface area contributed by atoms with Gasteiger partial charge in [0.15, 0.2) is 0 Å². The number of fused-ring (bicyclic) bond motifs is 1. The van der Waals surface area contributed by atoms with Crippen LogP contribution in [0, 0.1) is 0 Å². The maximum atomic E-state index is 14.1. The molecule has 1 aromatic rings. The molecule has 0 saturated carbocycles. The molecule has 2 saturated heterocycles. The van der Waals surface area contributed by atoms with Crippen molar-refractivity contribution in [3.63, 3.8) is 0 Å². The van der Waals surface area contributed by atoms with Crippen LogP contribution in [0.15, 0.2) is 18.2 Å². The number of nitrogens with one attached hydrogen (secondary N) is 2. The maximum Gasteiger partial charge on any atom is 0.272 e. The van der Waals surface area contributed by atoms with Gasteiger partial charge in [0.2, 0.25) is 11.8 Å². The summed E-state index contributed by atoms with van der Waals surface area (Å²) in [6.45, 7) is 0.988. The maximum absolute atomic E-state index is 14.1. The minimum absolute atomic E-state index is 0.195. The van der Waals surface area contributed by atoms with Gasteiger partial charge in [0, 0.05) is 25.1 Å². The molecule has 0 radical (unpaired) electrons. The molecule has 0 bridgehead atoms. The predicted octanol–water partition coefficient (Wildman–Crippen LogP) is 0.878. The summed E-state index contributed by atoms with van der Waals surface area (Å²) in [6.07, 6.45) is 1.26. The van der Waals surface area contributed by atoms with Gasteiger partial charge in [-0.1, -0.05) is 12.1 Å². The first-order valence-corrected chi connectivity index (χ1v) is 9.90. The van der Waals surface area contributed by atoms with E-state index in [0.29, 0.717) is 31.6 Å². The molecule has 1 atom stereocenters. The van der Waals surface area contributed by atoms with Crippen LogP contribution in [0.1, 0.15) is 40.7 Å². The van der Waals surface area contributed by atoms with Gasteiger partial charge in [-0.15, -0.1) is 0 Å². The van der Waals surface area contributed by atoms with E-state index in [-0.39, 0.29) is 37.9 Å². The number of benzene rings is 1. The topological polar surface area (TPSA) is 81.8 Å². The number of alkyl halides is 2. The van der Waals surface area contributed by atoms with Crippen molar-refractivity contribution in [3.05, 3.63) is 34.9 Å². The van der Waals surface area contributed by atoms with Crippen LogP contribution in [-0.4, -0.2) is 65.7 Å². The molecule has 156 valence electrons. The van der Waals surface area contributed by atoms with E-state index in [0.717, 1.165) is 17.5 Å². The number of amides is 3. The number of piperidine rings is 1. The van der Waals surface area contributed by atoms with Gasteiger partial charge in [-0.3, -0.25) is 24.6 Å². The van der Waals surface area contributed by atoms with Crippen LogP contribution in [0.25, 0.3) is 0 Å². The highest BCUT2D eigenvalue weighted by Crippen LogP contribution is 2.31. The van der Waals surface area contributed by atoms with Gasteiger partial charge in [-0.25, -0.2) is 8.78 Å². The average molecular weight is 406 g/mol. The molecular formula is C20H24F2N4O3. The predicted molar refractivity (Wildman–Crippen MR) is 100 cm³/mol. The molecule has 0 spiro atoms. The van der Waals surface area contributed by atoms with Crippen LogP contribution in [0.4, 0.5) is 8.78 Å². The molecule has 0 aliphatic carbocycles. The van der Waals surface area contributed by atoms with Crippen LogP contribution < -0.4 is 10.6 Å². The first kappa shape index (κ1) is 19.9. The number of hydrogen-bond donors (Lipinski definition) is 2. The summed E-state index contributed by atoms with van der Waals surface area (Å²) in [7, 11) is 0. The van der Waals surface area contributed by atoms with Crippen molar-refractivity contribution in [2.24, 2.45) is 0 Å². The molecular weight excluding hydrogens is 382 g/mol. The third kappa shape index (κ3) is 4.16. The molecule has 4 rings (SSSR count). The number of rotatable bonds is 3. The summed E-state index contributed by atoms with van der Waals surface area (Å²) in [5.41, 5.74) is 2.12. The lowest BCUT2D eigenvalue weighted by molar-refractivity contribution is -0.136. The van der Waals surface area contributed by atoms with Gasteiger partial charge < -0.3 is 10.2 Å². The summed E-state index contributed by atoms with van der Waals surface area (Å²) in [6, 6.07) is 4.63. The number of hydrogen-bond acceptors (Lipinski definition) is 5. The molecule has 3 heterocycles. The molecule has 3 amide bonds. The van der Waals surface area contributed by atoms with E-state index in [2.05, 4.69) is 10.6 Å². The molecule has 3 aliphatic heterocycles. The molecule has 2 fully saturated rings. The number of imide groups is 1. The van der Waals surface area contributed by atoms with Gasteiger partial charge >= 0.3 is 0 Å². The lowest BCUT2D eigenvalue weighted by Crippen LogP contribution is -2.52. The number of carbonyl (C=O) groups is 3. The van der Waals surface area contributed by atoms with E-state index in [1.807, 2.05) is 6.07 Å². The Labute approximate surface area is 167 Å². The van der Waals surface area contributed by atoms with Crippen molar-refractivity contribution in [2.75, 3.05) is 26.2 Å².